The molecule has 110 valence electrons. The van der Waals surface area contributed by atoms with Crippen molar-refractivity contribution in [1.29, 1.82) is 0 Å². The second-order valence-corrected chi connectivity index (χ2v) is 6.00. The van der Waals surface area contributed by atoms with E-state index in [0.29, 0.717) is 0 Å². The highest BCUT2D eigenvalue weighted by Crippen LogP contribution is 2.37. The Hall–Kier alpha value is -1.67. The van der Waals surface area contributed by atoms with Crippen LogP contribution in [0.4, 0.5) is 4.39 Å². The first-order chi connectivity index (χ1) is 10.2. The van der Waals surface area contributed by atoms with Gasteiger partial charge in [0.25, 0.3) is 0 Å². The smallest absolute Gasteiger partial charge is 0.123 e. The van der Waals surface area contributed by atoms with Crippen LogP contribution in [0, 0.1) is 5.82 Å². The first-order valence-electron chi connectivity index (χ1n) is 7.80. The maximum Gasteiger partial charge on any atom is 0.123 e. The van der Waals surface area contributed by atoms with Crippen molar-refractivity contribution in [2.24, 2.45) is 5.73 Å². The molecule has 1 aliphatic rings. The molecule has 2 aromatic carbocycles. The van der Waals surface area contributed by atoms with Crippen molar-refractivity contribution >= 4 is 0 Å². The zero-order valence-corrected chi connectivity index (χ0v) is 12.5. The number of halogens is 1. The second kappa shape index (κ2) is 5.98. The molecule has 0 saturated carbocycles. The van der Waals surface area contributed by atoms with Crippen LogP contribution in [0.3, 0.4) is 0 Å². The lowest BCUT2D eigenvalue weighted by atomic mass is 9.83. The molecule has 0 aliphatic heterocycles. The maximum atomic E-state index is 13.6. The van der Waals surface area contributed by atoms with Gasteiger partial charge in [0.05, 0.1) is 0 Å². The molecule has 0 fully saturated rings. The summed E-state index contributed by atoms with van der Waals surface area (Å²) in [6, 6.07) is 14.0. The summed E-state index contributed by atoms with van der Waals surface area (Å²) >= 11 is 0. The van der Waals surface area contributed by atoms with E-state index in [0.717, 1.165) is 31.2 Å². The van der Waals surface area contributed by atoms with Crippen LogP contribution >= 0.6 is 0 Å². The van der Waals surface area contributed by atoms with Crippen LogP contribution in [-0.2, 0) is 12.8 Å². The Morgan fingerprint density at radius 3 is 2.62 bits per heavy atom. The van der Waals surface area contributed by atoms with Crippen molar-refractivity contribution in [3.8, 4) is 0 Å². The largest absolute Gasteiger partial charge is 0.328 e. The SMILES string of the molecule is CCC(N)CC1c2ccccc2CCc2cc(F)ccc21. The Morgan fingerprint density at radius 2 is 1.81 bits per heavy atom. The van der Waals surface area contributed by atoms with Crippen molar-refractivity contribution in [3.63, 3.8) is 0 Å². The van der Waals surface area contributed by atoms with Gasteiger partial charge in [0.1, 0.15) is 5.82 Å². The number of fused-ring (bicyclic) bond motifs is 2. The van der Waals surface area contributed by atoms with Crippen LogP contribution in [0.2, 0.25) is 0 Å². The minimum absolute atomic E-state index is 0.141. The number of benzene rings is 2. The van der Waals surface area contributed by atoms with Crippen molar-refractivity contribution in [2.45, 2.75) is 44.6 Å². The molecule has 2 N–H and O–H groups in total. The summed E-state index contributed by atoms with van der Waals surface area (Å²) < 4.78 is 13.6. The summed E-state index contributed by atoms with van der Waals surface area (Å²) in [5, 5.41) is 0. The summed E-state index contributed by atoms with van der Waals surface area (Å²) in [5.41, 5.74) is 11.4. The van der Waals surface area contributed by atoms with Crippen molar-refractivity contribution < 1.29 is 4.39 Å². The Labute approximate surface area is 126 Å². The molecule has 0 aromatic heterocycles. The molecule has 0 radical (unpaired) electrons. The molecule has 3 rings (SSSR count). The van der Waals surface area contributed by atoms with Gasteiger partial charge in [-0.25, -0.2) is 4.39 Å². The van der Waals surface area contributed by atoms with Gasteiger partial charge in [-0.05, 0) is 60.1 Å². The summed E-state index contributed by atoms with van der Waals surface area (Å²) in [6.07, 6.45) is 3.77. The third kappa shape index (κ3) is 2.86. The fourth-order valence-electron chi connectivity index (χ4n) is 3.39. The van der Waals surface area contributed by atoms with E-state index in [1.807, 2.05) is 6.07 Å². The number of nitrogens with two attached hydrogens (primary N) is 1. The highest BCUT2D eigenvalue weighted by Gasteiger charge is 2.25. The summed E-state index contributed by atoms with van der Waals surface area (Å²) in [5.74, 6) is 0.146. The fraction of sp³-hybridized carbons (Fsp3) is 0.368. The third-order valence-electron chi connectivity index (χ3n) is 4.64. The molecule has 2 aromatic rings. The van der Waals surface area contributed by atoms with Crippen LogP contribution in [0.25, 0.3) is 0 Å². The van der Waals surface area contributed by atoms with E-state index in [4.69, 9.17) is 5.73 Å². The monoisotopic (exact) mass is 283 g/mol. The molecule has 2 atom stereocenters. The van der Waals surface area contributed by atoms with Gasteiger partial charge in [-0.2, -0.15) is 0 Å². The summed E-state index contributed by atoms with van der Waals surface area (Å²) in [7, 11) is 0. The predicted octanol–water partition coefficient (Wildman–Crippen LogP) is 4.18. The highest BCUT2D eigenvalue weighted by molar-refractivity contribution is 5.45. The lowest BCUT2D eigenvalue weighted by molar-refractivity contribution is 0.553. The first kappa shape index (κ1) is 14.3. The van der Waals surface area contributed by atoms with Crippen LogP contribution in [0.15, 0.2) is 42.5 Å². The van der Waals surface area contributed by atoms with Gasteiger partial charge in [-0.3, -0.25) is 0 Å². The normalized spacial score (nSPS) is 18.5. The average Bonchev–Trinajstić information content (AvgIpc) is 2.65. The molecule has 0 heterocycles. The molecule has 0 saturated heterocycles. The minimum atomic E-state index is -0.141. The van der Waals surface area contributed by atoms with Gasteiger partial charge in [-0.15, -0.1) is 0 Å². The van der Waals surface area contributed by atoms with E-state index >= 15 is 0 Å². The zero-order chi connectivity index (χ0) is 14.8. The van der Waals surface area contributed by atoms with Gasteiger partial charge in [0, 0.05) is 12.0 Å². The molecule has 0 spiro atoms. The van der Waals surface area contributed by atoms with Crippen LogP contribution < -0.4 is 5.73 Å². The summed E-state index contributed by atoms with van der Waals surface area (Å²) in [4.78, 5) is 0. The van der Waals surface area contributed by atoms with Gasteiger partial charge < -0.3 is 5.73 Å². The van der Waals surface area contributed by atoms with Crippen molar-refractivity contribution in [2.75, 3.05) is 0 Å². The molecule has 1 aliphatic carbocycles. The Morgan fingerprint density at radius 1 is 1.10 bits per heavy atom. The van der Waals surface area contributed by atoms with E-state index in [1.165, 1.54) is 16.7 Å². The zero-order valence-electron chi connectivity index (χ0n) is 12.5. The van der Waals surface area contributed by atoms with Gasteiger partial charge >= 0.3 is 0 Å². The number of hydrogen-bond donors (Lipinski definition) is 1. The number of aryl methyl sites for hydroxylation is 2. The topological polar surface area (TPSA) is 26.0 Å². The number of rotatable bonds is 3. The Kier molecular flexibility index (Phi) is 4.07. The lowest BCUT2D eigenvalue weighted by Gasteiger charge is -2.23. The standard InChI is InChI=1S/C19H22FN/c1-2-16(21)12-19-17-6-4-3-5-13(17)7-8-14-11-15(20)9-10-18(14)19/h3-6,9-11,16,19H,2,7-8,12,21H2,1H3. The van der Waals surface area contributed by atoms with Crippen LogP contribution in [0.5, 0.6) is 0 Å². The highest BCUT2D eigenvalue weighted by atomic mass is 19.1. The second-order valence-electron chi connectivity index (χ2n) is 6.00. The predicted molar refractivity (Wildman–Crippen MR) is 85.0 cm³/mol. The first-order valence-corrected chi connectivity index (χ1v) is 7.80. The molecule has 1 nitrogen and oxygen atoms in total. The summed E-state index contributed by atoms with van der Waals surface area (Å²) in [6.45, 7) is 2.12. The average molecular weight is 283 g/mol. The Balaban J connectivity index is 2.10. The molecule has 2 heteroatoms. The fourth-order valence-corrected chi connectivity index (χ4v) is 3.39. The third-order valence-corrected chi connectivity index (χ3v) is 4.64. The Bertz CT molecular complexity index is 635. The van der Waals surface area contributed by atoms with E-state index < -0.39 is 0 Å². The molecule has 2 unspecified atom stereocenters. The van der Waals surface area contributed by atoms with Crippen LogP contribution in [0.1, 0.15) is 47.9 Å². The molecule has 21 heavy (non-hydrogen) atoms. The van der Waals surface area contributed by atoms with Gasteiger partial charge in [-0.1, -0.05) is 37.3 Å². The van der Waals surface area contributed by atoms with E-state index in [2.05, 4.69) is 31.2 Å². The molecular weight excluding hydrogens is 261 g/mol. The minimum Gasteiger partial charge on any atom is -0.328 e. The molecule has 0 bridgehead atoms. The van der Waals surface area contributed by atoms with Gasteiger partial charge in [0.2, 0.25) is 0 Å². The lowest BCUT2D eigenvalue weighted by Crippen LogP contribution is -2.22. The molecule has 0 amide bonds. The van der Waals surface area contributed by atoms with Crippen LogP contribution in [-0.4, -0.2) is 6.04 Å². The number of hydrogen-bond acceptors (Lipinski definition) is 1. The van der Waals surface area contributed by atoms with Gasteiger partial charge in [0.15, 0.2) is 0 Å². The van der Waals surface area contributed by atoms with E-state index in [1.54, 1.807) is 12.1 Å². The van der Waals surface area contributed by atoms with Crippen molar-refractivity contribution in [3.05, 3.63) is 70.5 Å². The molecular formula is C19H22FN. The quantitative estimate of drug-likeness (QED) is 0.898. The van der Waals surface area contributed by atoms with Crippen molar-refractivity contribution in [1.82, 2.24) is 0 Å². The maximum absolute atomic E-state index is 13.6. The van der Waals surface area contributed by atoms with E-state index in [-0.39, 0.29) is 17.8 Å². The van der Waals surface area contributed by atoms with E-state index in [9.17, 15) is 4.39 Å².